The molecule has 0 aliphatic carbocycles. The first kappa shape index (κ1) is 24.1. The minimum absolute atomic E-state index is 0. The molecule has 0 saturated carbocycles. The quantitative estimate of drug-likeness (QED) is 0.212. The highest BCUT2D eigenvalue weighted by Gasteiger charge is 2.12. The number of halogens is 1. The lowest BCUT2D eigenvalue weighted by Gasteiger charge is -2.14. The highest BCUT2D eigenvalue weighted by molar-refractivity contribution is 14.0. The van der Waals surface area contributed by atoms with E-state index in [-0.39, 0.29) is 35.4 Å². The summed E-state index contributed by atoms with van der Waals surface area (Å²) in [4.78, 5) is 8.09. The van der Waals surface area contributed by atoms with E-state index in [1.165, 1.54) is 18.5 Å². The van der Waals surface area contributed by atoms with Crippen molar-refractivity contribution in [2.75, 3.05) is 27.2 Å². The van der Waals surface area contributed by atoms with Crippen LogP contribution in [0.4, 0.5) is 0 Å². The van der Waals surface area contributed by atoms with E-state index in [1.807, 2.05) is 25.1 Å². The maximum Gasteiger partial charge on any atom is 0.242 e. The van der Waals surface area contributed by atoms with Crippen LogP contribution < -0.4 is 20.1 Å². The topological polar surface area (TPSA) is 105 Å². The van der Waals surface area contributed by atoms with Gasteiger partial charge in [-0.05, 0) is 30.7 Å². The summed E-state index contributed by atoms with van der Waals surface area (Å²) in [5.41, 5.74) is 2.13. The summed E-state index contributed by atoms with van der Waals surface area (Å²) in [6, 6.07) is 9.07. The fraction of sp³-hybridized carbons (Fsp3) is 0.333. The van der Waals surface area contributed by atoms with Crippen LogP contribution in [-0.2, 0) is 16.6 Å². The van der Waals surface area contributed by atoms with Gasteiger partial charge in [0.25, 0.3) is 0 Å². The van der Waals surface area contributed by atoms with Crippen molar-refractivity contribution < 1.29 is 13.2 Å². The highest BCUT2D eigenvalue weighted by atomic mass is 127. The van der Waals surface area contributed by atoms with Crippen LogP contribution >= 0.6 is 24.0 Å². The Morgan fingerprint density at radius 3 is 2.64 bits per heavy atom. The normalized spacial score (nSPS) is 11.5. The molecule has 0 fully saturated rings. The standard InChI is InChI=1S/C18H25N5O3S.HI/c1-14-6-7-15(17(11-14)26-3)12-22-18(19-2)21-9-10-23-27(24,25)16-5-4-8-20-13-16;/h4-8,11,13,23H,9-10,12H2,1-3H3,(H2,19,21,22);1H. The van der Waals surface area contributed by atoms with Crippen molar-refractivity contribution in [1.82, 2.24) is 20.3 Å². The van der Waals surface area contributed by atoms with Crippen LogP contribution in [0.1, 0.15) is 11.1 Å². The van der Waals surface area contributed by atoms with Gasteiger partial charge in [0.05, 0.1) is 7.11 Å². The highest BCUT2D eigenvalue weighted by Crippen LogP contribution is 2.19. The molecular formula is C18H26IN5O3S. The predicted molar refractivity (Wildman–Crippen MR) is 121 cm³/mol. The molecule has 0 radical (unpaired) electrons. The molecule has 10 heteroatoms. The molecule has 0 amide bonds. The number of nitrogens with one attached hydrogen (secondary N) is 3. The summed E-state index contributed by atoms with van der Waals surface area (Å²) in [7, 11) is -0.270. The van der Waals surface area contributed by atoms with Crippen molar-refractivity contribution in [2.24, 2.45) is 4.99 Å². The van der Waals surface area contributed by atoms with Crippen LogP contribution in [0, 0.1) is 6.92 Å². The van der Waals surface area contributed by atoms with Crippen molar-refractivity contribution in [3.8, 4) is 5.75 Å². The SMILES string of the molecule is CN=C(NCCNS(=O)(=O)c1cccnc1)NCc1ccc(C)cc1OC.I. The molecular weight excluding hydrogens is 493 g/mol. The zero-order valence-corrected chi connectivity index (χ0v) is 19.2. The van der Waals surface area contributed by atoms with Gasteiger partial charge in [0, 0.05) is 44.6 Å². The molecule has 1 aromatic carbocycles. The molecule has 154 valence electrons. The molecule has 1 heterocycles. The molecule has 0 unspecified atom stereocenters. The van der Waals surface area contributed by atoms with Gasteiger partial charge in [0.1, 0.15) is 10.6 Å². The van der Waals surface area contributed by atoms with Crippen molar-refractivity contribution in [2.45, 2.75) is 18.4 Å². The summed E-state index contributed by atoms with van der Waals surface area (Å²) < 4.78 is 32.1. The van der Waals surface area contributed by atoms with Crippen LogP contribution in [0.5, 0.6) is 5.75 Å². The Morgan fingerprint density at radius 1 is 1.21 bits per heavy atom. The van der Waals surface area contributed by atoms with Gasteiger partial charge in [-0.2, -0.15) is 0 Å². The van der Waals surface area contributed by atoms with Crippen LogP contribution in [0.25, 0.3) is 0 Å². The van der Waals surface area contributed by atoms with Crippen LogP contribution in [0.2, 0.25) is 0 Å². The maximum absolute atomic E-state index is 12.1. The summed E-state index contributed by atoms with van der Waals surface area (Å²) in [5, 5.41) is 6.25. The summed E-state index contributed by atoms with van der Waals surface area (Å²) in [6.07, 6.45) is 2.84. The largest absolute Gasteiger partial charge is 0.496 e. The molecule has 8 nitrogen and oxygen atoms in total. The molecule has 2 aromatic rings. The molecule has 3 N–H and O–H groups in total. The molecule has 28 heavy (non-hydrogen) atoms. The van der Waals surface area contributed by atoms with Gasteiger partial charge in [-0.25, -0.2) is 13.1 Å². The third kappa shape index (κ3) is 7.24. The molecule has 2 rings (SSSR count). The fourth-order valence-electron chi connectivity index (χ4n) is 2.35. The maximum atomic E-state index is 12.1. The first-order valence-electron chi connectivity index (χ1n) is 8.44. The lowest BCUT2D eigenvalue weighted by molar-refractivity contribution is 0.408. The summed E-state index contributed by atoms with van der Waals surface area (Å²) >= 11 is 0. The number of pyridine rings is 1. The third-order valence-electron chi connectivity index (χ3n) is 3.77. The van der Waals surface area contributed by atoms with E-state index >= 15 is 0 Å². The number of ether oxygens (including phenoxy) is 1. The number of hydrogen-bond acceptors (Lipinski definition) is 5. The molecule has 0 aliphatic heterocycles. The number of benzene rings is 1. The number of aryl methyl sites for hydroxylation is 1. The van der Waals surface area contributed by atoms with Crippen molar-refractivity contribution in [1.29, 1.82) is 0 Å². The second-order valence-electron chi connectivity index (χ2n) is 5.75. The predicted octanol–water partition coefficient (Wildman–Crippen LogP) is 1.66. The number of nitrogens with zero attached hydrogens (tertiary/aromatic N) is 2. The number of hydrogen-bond donors (Lipinski definition) is 3. The van der Waals surface area contributed by atoms with Gasteiger partial charge < -0.3 is 15.4 Å². The van der Waals surface area contributed by atoms with E-state index in [4.69, 9.17) is 4.74 Å². The monoisotopic (exact) mass is 519 g/mol. The average Bonchev–Trinajstić information content (AvgIpc) is 2.68. The molecule has 0 spiro atoms. The second kappa shape index (κ2) is 11.8. The Kier molecular flexibility index (Phi) is 10.2. The van der Waals surface area contributed by atoms with Crippen molar-refractivity contribution in [3.63, 3.8) is 0 Å². The lowest BCUT2D eigenvalue weighted by Crippen LogP contribution is -2.41. The zero-order chi connectivity index (χ0) is 19.7. The van der Waals surface area contributed by atoms with Crippen LogP contribution in [0.3, 0.4) is 0 Å². The zero-order valence-electron chi connectivity index (χ0n) is 16.1. The average molecular weight is 519 g/mol. The first-order valence-corrected chi connectivity index (χ1v) is 9.92. The molecule has 0 bridgehead atoms. The minimum atomic E-state index is -3.56. The molecule has 1 aromatic heterocycles. The van der Waals surface area contributed by atoms with Gasteiger partial charge in [-0.3, -0.25) is 9.98 Å². The third-order valence-corrected chi connectivity index (χ3v) is 5.21. The molecule has 0 saturated heterocycles. The number of aliphatic imine (C=N–C) groups is 1. The second-order valence-corrected chi connectivity index (χ2v) is 7.52. The van der Waals surface area contributed by atoms with E-state index in [0.29, 0.717) is 19.0 Å². The number of rotatable bonds is 8. The fourth-order valence-corrected chi connectivity index (χ4v) is 3.35. The Hall–Kier alpha value is -1.92. The van der Waals surface area contributed by atoms with Gasteiger partial charge in [0.15, 0.2) is 5.96 Å². The van der Waals surface area contributed by atoms with E-state index < -0.39 is 10.0 Å². The van der Waals surface area contributed by atoms with E-state index in [1.54, 1.807) is 20.2 Å². The van der Waals surface area contributed by atoms with Crippen molar-refractivity contribution >= 4 is 40.0 Å². The first-order chi connectivity index (χ1) is 13.0. The Balaban J connectivity index is 0.00000392. The van der Waals surface area contributed by atoms with Crippen LogP contribution in [0.15, 0.2) is 52.6 Å². The van der Waals surface area contributed by atoms with Gasteiger partial charge in [0.2, 0.25) is 10.0 Å². The van der Waals surface area contributed by atoms with E-state index in [9.17, 15) is 8.42 Å². The Morgan fingerprint density at radius 2 is 2.00 bits per heavy atom. The van der Waals surface area contributed by atoms with Gasteiger partial charge >= 0.3 is 0 Å². The number of methoxy groups -OCH3 is 1. The molecule has 0 atom stereocenters. The van der Waals surface area contributed by atoms with Gasteiger partial charge in [-0.15, -0.1) is 24.0 Å². The van der Waals surface area contributed by atoms with E-state index in [2.05, 4.69) is 25.3 Å². The lowest BCUT2D eigenvalue weighted by atomic mass is 10.1. The summed E-state index contributed by atoms with van der Waals surface area (Å²) in [5.74, 6) is 1.38. The minimum Gasteiger partial charge on any atom is -0.496 e. The van der Waals surface area contributed by atoms with Crippen LogP contribution in [-0.4, -0.2) is 46.6 Å². The Bertz CT molecular complexity index is 876. The molecule has 0 aliphatic rings. The number of aromatic nitrogens is 1. The van der Waals surface area contributed by atoms with Crippen molar-refractivity contribution in [3.05, 3.63) is 53.9 Å². The number of sulfonamides is 1. The van der Waals surface area contributed by atoms with Gasteiger partial charge in [-0.1, -0.05) is 12.1 Å². The summed E-state index contributed by atoms with van der Waals surface area (Å²) in [6.45, 7) is 3.13. The Labute approximate surface area is 183 Å². The smallest absolute Gasteiger partial charge is 0.242 e. The van der Waals surface area contributed by atoms with E-state index in [0.717, 1.165) is 16.9 Å². The number of guanidine groups is 1.